The van der Waals surface area contributed by atoms with Crippen molar-refractivity contribution in [3.05, 3.63) is 29.8 Å². The number of carbonyl (C=O) groups excluding carboxylic acids is 3. The van der Waals surface area contributed by atoms with E-state index in [1.54, 1.807) is 12.1 Å². The fraction of sp³-hybridized carbons (Fsp3) is 0.500. The average Bonchev–Trinajstić information content (AvgIpc) is 2.81. The molecule has 3 atom stereocenters. The van der Waals surface area contributed by atoms with Crippen LogP contribution in [0, 0.1) is 0 Å². The molecule has 35 heavy (non-hydrogen) atoms. The van der Waals surface area contributed by atoms with Gasteiger partial charge in [-0.25, -0.2) is 4.79 Å². The molecular formula is C22H33N5O8. The quantitative estimate of drug-likeness (QED) is 0.123. The van der Waals surface area contributed by atoms with E-state index in [0.717, 1.165) is 0 Å². The number of nitrogens with one attached hydrogen (secondary N) is 3. The zero-order chi connectivity index (χ0) is 26.4. The highest BCUT2D eigenvalue weighted by Crippen LogP contribution is 2.12. The van der Waals surface area contributed by atoms with Gasteiger partial charge in [0, 0.05) is 12.8 Å². The minimum Gasteiger partial charge on any atom is -0.508 e. The summed E-state index contributed by atoms with van der Waals surface area (Å²) < 4.78 is 0. The van der Waals surface area contributed by atoms with Gasteiger partial charge in [-0.3, -0.25) is 19.2 Å². The lowest BCUT2D eigenvalue weighted by Crippen LogP contribution is -2.56. The van der Waals surface area contributed by atoms with Gasteiger partial charge in [0.25, 0.3) is 0 Å². The summed E-state index contributed by atoms with van der Waals surface area (Å²) in [6.07, 6.45) is 0.348. The summed E-state index contributed by atoms with van der Waals surface area (Å²) in [4.78, 5) is 60.0. The maximum absolute atomic E-state index is 13.0. The molecule has 13 heteroatoms. The SMILES string of the molecule is NCCCCC(NC(=O)C(Cc1ccc(O)cc1)NC(=O)CN)C(=O)NC(CCC(=O)O)C(=O)O. The summed E-state index contributed by atoms with van der Waals surface area (Å²) >= 11 is 0. The minimum absolute atomic E-state index is 0.0215. The molecule has 0 saturated heterocycles. The van der Waals surface area contributed by atoms with Gasteiger partial charge in [0.15, 0.2) is 0 Å². The van der Waals surface area contributed by atoms with Gasteiger partial charge in [-0.05, 0) is 49.9 Å². The van der Waals surface area contributed by atoms with Crippen LogP contribution in [0.2, 0.25) is 0 Å². The van der Waals surface area contributed by atoms with Crippen molar-refractivity contribution in [1.29, 1.82) is 0 Å². The number of carboxylic acid groups (broad SMARTS) is 2. The van der Waals surface area contributed by atoms with Crippen LogP contribution >= 0.6 is 0 Å². The van der Waals surface area contributed by atoms with Gasteiger partial charge in [0.05, 0.1) is 6.54 Å². The zero-order valence-corrected chi connectivity index (χ0v) is 19.2. The largest absolute Gasteiger partial charge is 0.508 e. The Labute approximate surface area is 202 Å². The molecule has 1 aromatic rings. The molecule has 0 aliphatic carbocycles. The fourth-order valence-electron chi connectivity index (χ4n) is 3.16. The van der Waals surface area contributed by atoms with Crippen LogP contribution in [0.4, 0.5) is 0 Å². The van der Waals surface area contributed by atoms with Crippen molar-refractivity contribution in [3.8, 4) is 5.75 Å². The van der Waals surface area contributed by atoms with E-state index in [1.165, 1.54) is 12.1 Å². The molecule has 3 unspecified atom stereocenters. The van der Waals surface area contributed by atoms with Gasteiger partial charge >= 0.3 is 11.9 Å². The number of amides is 3. The van der Waals surface area contributed by atoms with E-state index >= 15 is 0 Å². The van der Waals surface area contributed by atoms with Crippen LogP contribution in [-0.4, -0.2) is 76.2 Å². The zero-order valence-electron chi connectivity index (χ0n) is 19.2. The molecule has 0 aliphatic rings. The number of hydrogen-bond donors (Lipinski definition) is 8. The molecule has 194 valence electrons. The first-order valence-electron chi connectivity index (χ1n) is 11.1. The highest BCUT2D eigenvalue weighted by atomic mass is 16.4. The third-order valence-electron chi connectivity index (χ3n) is 5.05. The van der Waals surface area contributed by atoms with Crippen LogP contribution in [-0.2, 0) is 30.4 Å². The molecule has 0 fully saturated rings. The third-order valence-corrected chi connectivity index (χ3v) is 5.05. The summed E-state index contributed by atoms with van der Waals surface area (Å²) in [5.41, 5.74) is 11.5. The lowest BCUT2D eigenvalue weighted by Gasteiger charge is -2.24. The van der Waals surface area contributed by atoms with Crippen molar-refractivity contribution >= 4 is 29.7 Å². The monoisotopic (exact) mass is 495 g/mol. The number of carboxylic acids is 2. The van der Waals surface area contributed by atoms with Crippen molar-refractivity contribution in [2.24, 2.45) is 11.5 Å². The van der Waals surface area contributed by atoms with Crippen LogP contribution < -0.4 is 27.4 Å². The molecule has 0 saturated carbocycles. The second-order valence-corrected chi connectivity index (χ2v) is 7.87. The van der Waals surface area contributed by atoms with E-state index in [0.29, 0.717) is 24.9 Å². The average molecular weight is 496 g/mol. The number of phenols is 1. The maximum atomic E-state index is 13.0. The molecule has 10 N–H and O–H groups in total. The number of rotatable bonds is 16. The smallest absolute Gasteiger partial charge is 0.326 e. The Morgan fingerprint density at radius 3 is 1.94 bits per heavy atom. The molecule has 0 aliphatic heterocycles. The second-order valence-electron chi connectivity index (χ2n) is 7.87. The predicted octanol–water partition coefficient (Wildman–Crippen LogP) is -1.57. The Bertz CT molecular complexity index is 877. The molecule has 0 radical (unpaired) electrons. The van der Waals surface area contributed by atoms with Crippen molar-refractivity contribution in [1.82, 2.24) is 16.0 Å². The molecule has 1 rings (SSSR count). The van der Waals surface area contributed by atoms with E-state index in [4.69, 9.17) is 16.6 Å². The summed E-state index contributed by atoms with van der Waals surface area (Å²) in [6, 6.07) is 2.24. The van der Waals surface area contributed by atoms with E-state index in [9.17, 15) is 34.2 Å². The van der Waals surface area contributed by atoms with Gasteiger partial charge < -0.3 is 42.7 Å². The number of unbranched alkanes of at least 4 members (excludes halogenated alkanes) is 1. The van der Waals surface area contributed by atoms with Gasteiger partial charge in [-0.2, -0.15) is 0 Å². The topological polar surface area (TPSA) is 234 Å². The van der Waals surface area contributed by atoms with Crippen molar-refractivity contribution in [3.63, 3.8) is 0 Å². The number of hydrogen-bond acceptors (Lipinski definition) is 8. The number of carbonyl (C=O) groups is 5. The summed E-state index contributed by atoms with van der Waals surface area (Å²) in [7, 11) is 0. The van der Waals surface area contributed by atoms with Gasteiger partial charge in [-0.1, -0.05) is 12.1 Å². The van der Waals surface area contributed by atoms with Gasteiger partial charge in [-0.15, -0.1) is 0 Å². The van der Waals surface area contributed by atoms with Crippen LogP contribution in [0.1, 0.15) is 37.7 Å². The summed E-state index contributed by atoms with van der Waals surface area (Å²) in [5, 5.41) is 34.9. The molecule has 0 bridgehead atoms. The first-order valence-corrected chi connectivity index (χ1v) is 11.1. The standard InChI is InChI=1S/C22H33N5O8/c23-10-2-1-3-15(20(32)27-16(22(34)35)8-9-19(30)31)26-21(33)17(25-18(29)12-24)11-13-4-6-14(28)7-5-13/h4-7,15-17,28H,1-3,8-12,23-24H2,(H,25,29)(H,26,33)(H,27,32)(H,30,31)(H,34,35). The van der Waals surface area contributed by atoms with Crippen LogP contribution in [0.5, 0.6) is 5.75 Å². The highest BCUT2D eigenvalue weighted by molar-refractivity contribution is 5.93. The summed E-state index contributed by atoms with van der Waals surface area (Å²) in [5.74, 6) is -4.72. The normalized spacial score (nSPS) is 13.2. The van der Waals surface area contributed by atoms with Crippen molar-refractivity contribution in [2.45, 2.75) is 56.7 Å². The Morgan fingerprint density at radius 1 is 0.800 bits per heavy atom. The maximum Gasteiger partial charge on any atom is 0.326 e. The Kier molecular flexibility index (Phi) is 12.8. The summed E-state index contributed by atoms with van der Waals surface area (Å²) in [6.45, 7) is -0.0294. The van der Waals surface area contributed by atoms with E-state index in [1.807, 2.05) is 0 Å². The fourth-order valence-corrected chi connectivity index (χ4v) is 3.16. The number of benzene rings is 1. The number of nitrogens with two attached hydrogens (primary N) is 2. The van der Waals surface area contributed by atoms with Gasteiger partial charge in [0.2, 0.25) is 17.7 Å². The predicted molar refractivity (Wildman–Crippen MR) is 124 cm³/mol. The second kappa shape index (κ2) is 15.2. The molecule has 0 spiro atoms. The Balaban J connectivity index is 3.02. The first-order chi connectivity index (χ1) is 16.6. The van der Waals surface area contributed by atoms with Crippen molar-refractivity contribution in [2.75, 3.05) is 13.1 Å². The Hall–Kier alpha value is -3.71. The highest BCUT2D eigenvalue weighted by Gasteiger charge is 2.29. The van der Waals surface area contributed by atoms with E-state index < -0.39 is 54.2 Å². The molecule has 0 heterocycles. The number of aliphatic carboxylic acids is 2. The lowest BCUT2D eigenvalue weighted by molar-refractivity contribution is -0.143. The number of phenolic OH excluding ortho intramolecular Hbond substituents is 1. The first kappa shape index (κ1) is 29.3. The van der Waals surface area contributed by atoms with Gasteiger partial charge in [0.1, 0.15) is 23.9 Å². The van der Waals surface area contributed by atoms with Crippen LogP contribution in [0.3, 0.4) is 0 Å². The lowest BCUT2D eigenvalue weighted by atomic mass is 10.0. The van der Waals surface area contributed by atoms with Crippen LogP contribution in [0.25, 0.3) is 0 Å². The van der Waals surface area contributed by atoms with Crippen molar-refractivity contribution < 1.29 is 39.3 Å². The molecule has 13 nitrogen and oxygen atoms in total. The molecule has 3 amide bonds. The number of aromatic hydroxyl groups is 1. The molecular weight excluding hydrogens is 462 g/mol. The van der Waals surface area contributed by atoms with Crippen LogP contribution in [0.15, 0.2) is 24.3 Å². The van der Waals surface area contributed by atoms with E-state index in [2.05, 4.69) is 16.0 Å². The van der Waals surface area contributed by atoms with E-state index in [-0.39, 0.29) is 31.6 Å². The minimum atomic E-state index is -1.46. The third kappa shape index (κ3) is 11.3. The molecule has 1 aromatic carbocycles. The Morgan fingerprint density at radius 2 is 1.40 bits per heavy atom. The molecule has 0 aromatic heterocycles.